The fourth-order valence-corrected chi connectivity index (χ4v) is 1.92. The molecule has 0 heterocycles. The number of hydrogen-bond acceptors (Lipinski definition) is 3. The molecule has 0 aliphatic carbocycles. The molecule has 0 saturated carbocycles. The second kappa shape index (κ2) is 7.02. The van der Waals surface area contributed by atoms with Crippen LogP contribution in [0, 0.1) is 20.8 Å². The van der Waals surface area contributed by atoms with Gasteiger partial charge < -0.3 is 5.32 Å². The molecule has 0 atom stereocenters. The summed E-state index contributed by atoms with van der Waals surface area (Å²) in [6.07, 6.45) is 0. The molecule has 2 amide bonds. The van der Waals surface area contributed by atoms with E-state index in [1.807, 2.05) is 19.9 Å². The van der Waals surface area contributed by atoms with Gasteiger partial charge in [-0.3, -0.25) is 9.59 Å². The molecule has 1 aromatic carbocycles. The van der Waals surface area contributed by atoms with Crippen LogP contribution in [0.2, 0.25) is 0 Å². The van der Waals surface area contributed by atoms with E-state index < -0.39 is 11.8 Å². The van der Waals surface area contributed by atoms with E-state index in [-0.39, 0.29) is 6.04 Å². The van der Waals surface area contributed by atoms with E-state index in [9.17, 15) is 9.59 Å². The number of hydrazone groups is 1. The summed E-state index contributed by atoms with van der Waals surface area (Å²) in [6, 6.07) is 4.02. The SMILES string of the molecule is C/C(=N/NC(=O)C(=O)NC(C)C)c1cc(C)c(C)cc1C. The molecule has 2 N–H and O–H groups in total. The van der Waals surface area contributed by atoms with Gasteiger partial charge in [-0.1, -0.05) is 6.07 Å². The summed E-state index contributed by atoms with van der Waals surface area (Å²) in [6.45, 7) is 11.5. The van der Waals surface area contributed by atoms with Crippen LogP contribution in [0.15, 0.2) is 17.2 Å². The molecule has 5 nitrogen and oxygen atoms in total. The van der Waals surface area contributed by atoms with Crippen LogP contribution >= 0.6 is 0 Å². The number of nitrogens with one attached hydrogen (secondary N) is 2. The van der Waals surface area contributed by atoms with E-state index in [1.54, 1.807) is 20.8 Å². The van der Waals surface area contributed by atoms with Crippen molar-refractivity contribution >= 4 is 17.5 Å². The predicted octanol–water partition coefficient (Wildman–Crippen LogP) is 1.98. The van der Waals surface area contributed by atoms with Crippen molar-refractivity contribution in [1.29, 1.82) is 0 Å². The third-order valence-corrected chi connectivity index (χ3v) is 3.18. The van der Waals surface area contributed by atoms with Crippen LogP contribution in [-0.2, 0) is 9.59 Å². The summed E-state index contributed by atoms with van der Waals surface area (Å²) >= 11 is 0. The van der Waals surface area contributed by atoms with Gasteiger partial charge in [0.25, 0.3) is 0 Å². The summed E-state index contributed by atoms with van der Waals surface area (Å²) in [7, 11) is 0. The summed E-state index contributed by atoms with van der Waals surface area (Å²) in [5, 5.41) is 6.52. The molecule has 1 aromatic rings. The zero-order valence-electron chi connectivity index (χ0n) is 13.5. The van der Waals surface area contributed by atoms with Crippen molar-refractivity contribution < 1.29 is 9.59 Å². The zero-order valence-corrected chi connectivity index (χ0v) is 13.5. The number of amides is 2. The predicted molar refractivity (Wildman–Crippen MR) is 84.3 cm³/mol. The van der Waals surface area contributed by atoms with Crippen molar-refractivity contribution in [2.24, 2.45) is 5.10 Å². The molecular formula is C16H23N3O2. The van der Waals surface area contributed by atoms with Crippen LogP contribution in [0.3, 0.4) is 0 Å². The largest absolute Gasteiger partial charge is 0.346 e. The minimum atomic E-state index is -0.760. The molecule has 0 aliphatic rings. The van der Waals surface area contributed by atoms with Crippen molar-refractivity contribution in [1.82, 2.24) is 10.7 Å². The Hall–Kier alpha value is -2.17. The third kappa shape index (κ3) is 4.70. The fourth-order valence-electron chi connectivity index (χ4n) is 1.92. The van der Waals surface area contributed by atoms with Crippen LogP contribution < -0.4 is 10.7 Å². The molecule has 0 radical (unpaired) electrons. The molecular weight excluding hydrogens is 266 g/mol. The standard InChI is InChI=1S/C16H23N3O2/c1-9(2)17-15(20)16(21)19-18-13(6)14-8-11(4)10(3)7-12(14)5/h7-9H,1-6H3,(H,17,20)(H,19,21)/b18-13-. The monoisotopic (exact) mass is 289 g/mol. The Labute approximate surface area is 125 Å². The van der Waals surface area contributed by atoms with Gasteiger partial charge in [-0.05, 0) is 64.3 Å². The summed E-state index contributed by atoms with van der Waals surface area (Å²) in [5.41, 5.74) is 7.37. The van der Waals surface area contributed by atoms with Gasteiger partial charge in [0.1, 0.15) is 0 Å². The van der Waals surface area contributed by atoms with Gasteiger partial charge in [0.05, 0.1) is 5.71 Å². The molecule has 0 saturated heterocycles. The summed E-state index contributed by atoms with van der Waals surface area (Å²) < 4.78 is 0. The van der Waals surface area contributed by atoms with Gasteiger partial charge in [-0.15, -0.1) is 0 Å². The van der Waals surface area contributed by atoms with Crippen LogP contribution in [0.1, 0.15) is 43.0 Å². The van der Waals surface area contributed by atoms with E-state index >= 15 is 0 Å². The zero-order chi connectivity index (χ0) is 16.2. The van der Waals surface area contributed by atoms with E-state index in [0.717, 1.165) is 16.7 Å². The van der Waals surface area contributed by atoms with Crippen molar-refractivity contribution in [2.45, 2.75) is 47.6 Å². The highest BCUT2D eigenvalue weighted by atomic mass is 16.2. The molecule has 0 unspecified atom stereocenters. The van der Waals surface area contributed by atoms with Crippen molar-refractivity contribution in [3.8, 4) is 0 Å². The first-order valence-corrected chi connectivity index (χ1v) is 6.95. The van der Waals surface area contributed by atoms with E-state index in [1.165, 1.54) is 5.56 Å². The van der Waals surface area contributed by atoms with Gasteiger partial charge in [0.2, 0.25) is 0 Å². The Balaban J connectivity index is 2.84. The normalized spacial score (nSPS) is 11.5. The molecule has 0 spiro atoms. The lowest BCUT2D eigenvalue weighted by Gasteiger charge is -2.10. The van der Waals surface area contributed by atoms with E-state index in [0.29, 0.717) is 5.71 Å². The maximum Gasteiger partial charge on any atom is 0.329 e. The molecule has 0 aromatic heterocycles. The number of carbonyl (C=O) groups excluding carboxylic acids is 2. The Bertz CT molecular complexity index is 589. The second-order valence-corrected chi connectivity index (χ2v) is 5.52. The molecule has 0 bridgehead atoms. The Morgan fingerprint density at radius 3 is 2.14 bits per heavy atom. The lowest BCUT2D eigenvalue weighted by molar-refractivity contribution is -0.139. The highest BCUT2D eigenvalue weighted by molar-refractivity contribution is 6.35. The van der Waals surface area contributed by atoms with Gasteiger partial charge in [-0.25, -0.2) is 5.43 Å². The number of aryl methyl sites for hydroxylation is 3. The number of benzene rings is 1. The topological polar surface area (TPSA) is 70.6 Å². The van der Waals surface area contributed by atoms with Crippen LogP contribution in [0.25, 0.3) is 0 Å². The quantitative estimate of drug-likeness (QED) is 0.507. The Kier molecular flexibility index (Phi) is 5.64. The van der Waals surface area contributed by atoms with E-state index in [2.05, 4.69) is 28.8 Å². The number of hydrogen-bond donors (Lipinski definition) is 2. The van der Waals surface area contributed by atoms with Gasteiger partial charge in [0.15, 0.2) is 0 Å². The number of nitrogens with zero attached hydrogens (tertiary/aromatic N) is 1. The van der Waals surface area contributed by atoms with E-state index in [4.69, 9.17) is 0 Å². The first-order chi connectivity index (χ1) is 9.72. The number of carbonyl (C=O) groups is 2. The minimum absolute atomic E-state index is 0.0877. The highest BCUT2D eigenvalue weighted by Crippen LogP contribution is 2.15. The number of rotatable bonds is 3. The lowest BCUT2D eigenvalue weighted by atomic mass is 9.98. The van der Waals surface area contributed by atoms with Gasteiger partial charge >= 0.3 is 11.8 Å². The lowest BCUT2D eigenvalue weighted by Crippen LogP contribution is -2.41. The Morgan fingerprint density at radius 2 is 1.57 bits per heavy atom. The molecule has 21 heavy (non-hydrogen) atoms. The van der Waals surface area contributed by atoms with Crippen LogP contribution in [0.4, 0.5) is 0 Å². The maximum atomic E-state index is 11.6. The molecule has 5 heteroatoms. The summed E-state index contributed by atoms with van der Waals surface area (Å²) in [5.74, 6) is -1.44. The molecule has 1 rings (SSSR count). The van der Waals surface area contributed by atoms with Crippen molar-refractivity contribution in [3.05, 3.63) is 34.4 Å². The molecule has 0 aliphatic heterocycles. The van der Waals surface area contributed by atoms with Crippen molar-refractivity contribution in [2.75, 3.05) is 0 Å². The van der Waals surface area contributed by atoms with Crippen molar-refractivity contribution in [3.63, 3.8) is 0 Å². The first-order valence-electron chi connectivity index (χ1n) is 6.95. The molecule has 114 valence electrons. The van der Waals surface area contributed by atoms with Gasteiger partial charge in [-0.2, -0.15) is 5.10 Å². The summed E-state index contributed by atoms with van der Waals surface area (Å²) in [4.78, 5) is 23.1. The first kappa shape index (κ1) is 16.9. The molecule has 0 fully saturated rings. The highest BCUT2D eigenvalue weighted by Gasteiger charge is 2.14. The average molecular weight is 289 g/mol. The minimum Gasteiger partial charge on any atom is -0.346 e. The smallest absolute Gasteiger partial charge is 0.329 e. The average Bonchev–Trinajstić information content (AvgIpc) is 2.38. The fraction of sp³-hybridized carbons (Fsp3) is 0.438. The van der Waals surface area contributed by atoms with Crippen LogP contribution in [-0.4, -0.2) is 23.6 Å². The van der Waals surface area contributed by atoms with Gasteiger partial charge in [0, 0.05) is 11.6 Å². The van der Waals surface area contributed by atoms with Crippen LogP contribution in [0.5, 0.6) is 0 Å². The third-order valence-electron chi connectivity index (χ3n) is 3.18. The second-order valence-electron chi connectivity index (χ2n) is 5.52. The maximum absolute atomic E-state index is 11.6. The Morgan fingerprint density at radius 1 is 1.00 bits per heavy atom.